The van der Waals surface area contributed by atoms with Gasteiger partial charge in [0, 0.05) is 19.4 Å². The van der Waals surface area contributed by atoms with E-state index < -0.39 is 0 Å². The summed E-state index contributed by atoms with van der Waals surface area (Å²) in [4.78, 5) is 30.3. The van der Waals surface area contributed by atoms with Gasteiger partial charge in [0.2, 0.25) is 5.91 Å². The fraction of sp³-hybridized carbons (Fsp3) is 0.238. The van der Waals surface area contributed by atoms with Crippen molar-refractivity contribution >= 4 is 17.5 Å². The van der Waals surface area contributed by atoms with E-state index in [-0.39, 0.29) is 24.5 Å². The Hall–Kier alpha value is -3.88. The first-order valence-electron chi connectivity index (χ1n) is 9.46. The van der Waals surface area contributed by atoms with Crippen LogP contribution in [0.3, 0.4) is 0 Å². The van der Waals surface area contributed by atoms with Gasteiger partial charge in [-0.05, 0) is 24.3 Å². The van der Waals surface area contributed by atoms with E-state index in [0.29, 0.717) is 36.0 Å². The number of benzene rings is 1. The Morgan fingerprint density at radius 1 is 1.20 bits per heavy atom. The van der Waals surface area contributed by atoms with Gasteiger partial charge in [0.25, 0.3) is 5.91 Å². The number of nitrogens with one attached hydrogen (secondary N) is 1. The van der Waals surface area contributed by atoms with Gasteiger partial charge >= 0.3 is 0 Å². The summed E-state index contributed by atoms with van der Waals surface area (Å²) in [6, 6.07) is 12.5. The SMILES string of the molecule is CN(CC1COc2ccccc2O1)C(=O)Cn1cc(NC(=O)c2ccccn2)cn1. The third-order valence-electron chi connectivity index (χ3n) is 4.56. The summed E-state index contributed by atoms with van der Waals surface area (Å²) in [5.74, 6) is 0.908. The van der Waals surface area contributed by atoms with E-state index in [2.05, 4.69) is 15.4 Å². The Bertz CT molecular complexity index is 1040. The zero-order chi connectivity index (χ0) is 20.9. The van der Waals surface area contributed by atoms with Crippen molar-refractivity contribution in [3.63, 3.8) is 0 Å². The molecule has 1 aliphatic rings. The first-order chi connectivity index (χ1) is 14.6. The minimum absolute atomic E-state index is 0.0418. The lowest BCUT2D eigenvalue weighted by molar-refractivity contribution is -0.132. The van der Waals surface area contributed by atoms with Crippen molar-refractivity contribution in [2.75, 3.05) is 25.5 Å². The van der Waals surface area contributed by atoms with Gasteiger partial charge in [0.15, 0.2) is 17.6 Å². The summed E-state index contributed by atoms with van der Waals surface area (Å²) in [6.45, 7) is 0.804. The molecule has 1 aromatic carbocycles. The highest BCUT2D eigenvalue weighted by Gasteiger charge is 2.24. The molecule has 0 fully saturated rings. The Kier molecular flexibility index (Phi) is 5.60. The number of anilines is 1. The third-order valence-corrected chi connectivity index (χ3v) is 4.56. The summed E-state index contributed by atoms with van der Waals surface area (Å²) in [5, 5.41) is 6.85. The van der Waals surface area contributed by atoms with Crippen LogP contribution in [0.25, 0.3) is 0 Å². The standard InChI is InChI=1S/C21H21N5O4/c1-25(12-16-14-29-18-7-2-3-8-19(18)30-16)20(27)13-26-11-15(10-23-26)24-21(28)17-6-4-5-9-22-17/h2-11,16H,12-14H2,1H3,(H,24,28). The molecule has 0 aliphatic carbocycles. The number of carbonyl (C=O) groups is 2. The molecule has 3 aromatic rings. The molecule has 0 saturated heterocycles. The lowest BCUT2D eigenvalue weighted by Gasteiger charge is -2.29. The van der Waals surface area contributed by atoms with Crippen molar-refractivity contribution in [3.8, 4) is 11.5 Å². The molecule has 1 aliphatic heterocycles. The van der Waals surface area contributed by atoms with E-state index in [1.807, 2.05) is 24.3 Å². The number of nitrogens with zero attached hydrogens (tertiary/aromatic N) is 4. The second-order valence-electron chi connectivity index (χ2n) is 6.87. The second-order valence-corrected chi connectivity index (χ2v) is 6.87. The Morgan fingerprint density at radius 2 is 2.00 bits per heavy atom. The minimum atomic E-state index is -0.340. The maximum atomic E-state index is 12.6. The van der Waals surface area contributed by atoms with Crippen LogP contribution in [0.4, 0.5) is 5.69 Å². The topological polar surface area (TPSA) is 98.6 Å². The number of pyridine rings is 1. The molecule has 9 nitrogen and oxygen atoms in total. The molecule has 4 rings (SSSR count). The number of likely N-dealkylation sites (N-methyl/N-ethyl adjacent to an activating group) is 1. The molecule has 0 bridgehead atoms. The molecule has 2 aromatic heterocycles. The van der Waals surface area contributed by atoms with Gasteiger partial charge in [0.1, 0.15) is 18.8 Å². The van der Waals surface area contributed by atoms with Gasteiger partial charge in [-0.2, -0.15) is 5.10 Å². The summed E-state index contributed by atoms with van der Waals surface area (Å²) >= 11 is 0. The van der Waals surface area contributed by atoms with Crippen LogP contribution in [-0.4, -0.2) is 57.8 Å². The summed E-state index contributed by atoms with van der Waals surface area (Å²) in [6.07, 6.45) is 4.39. The van der Waals surface area contributed by atoms with Crippen molar-refractivity contribution in [2.45, 2.75) is 12.6 Å². The van der Waals surface area contributed by atoms with Crippen molar-refractivity contribution in [2.24, 2.45) is 0 Å². The van der Waals surface area contributed by atoms with Crippen LogP contribution in [0, 0.1) is 0 Å². The molecule has 0 spiro atoms. The van der Waals surface area contributed by atoms with Crippen LogP contribution in [-0.2, 0) is 11.3 Å². The number of para-hydroxylation sites is 2. The first kappa shape index (κ1) is 19.4. The van der Waals surface area contributed by atoms with Gasteiger partial charge in [-0.15, -0.1) is 0 Å². The fourth-order valence-electron chi connectivity index (χ4n) is 3.03. The Balaban J connectivity index is 1.29. The number of aromatic nitrogens is 3. The maximum absolute atomic E-state index is 12.6. The van der Waals surface area contributed by atoms with Gasteiger partial charge < -0.3 is 19.7 Å². The predicted molar refractivity (Wildman–Crippen MR) is 108 cm³/mol. The normalized spacial score (nSPS) is 14.8. The lowest BCUT2D eigenvalue weighted by atomic mass is 10.2. The predicted octanol–water partition coefficient (Wildman–Crippen LogP) is 1.83. The molecular formula is C21H21N5O4. The Labute approximate surface area is 173 Å². The highest BCUT2D eigenvalue weighted by Crippen LogP contribution is 2.30. The number of rotatable bonds is 6. The number of ether oxygens (including phenoxy) is 2. The fourth-order valence-corrected chi connectivity index (χ4v) is 3.03. The van der Waals surface area contributed by atoms with Crippen LogP contribution in [0.1, 0.15) is 10.5 Å². The zero-order valence-electron chi connectivity index (χ0n) is 16.4. The van der Waals surface area contributed by atoms with Crippen LogP contribution in [0.2, 0.25) is 0 Å². The van der Waals surface area contributed by atoms with Gasteiger partial charge in [-0.25, -0.2) is 0 Å². The quantitative estimate of drug-likeness (QED) is 0.669. The van der Waals surface area contributed by atoms with Crippen LogP contribution < -0.4 is 14.8 Å². The minimum Gasteiger partial charge on any atom is -0.486 e. The first-order valence-corrected chi connectivity index (χ1v) is 9.46. The largest absolute Gasteiger partial charge is 0.486 e. The monoisotopic (exact) mass is 407 g/mol. The molecule has 9 heteroatoms. The molecule has 0 radical (unpaired) electrons. The number of hydrogen-bond acceptors (Lipinski definition) is 6. The molecule has 154 valence electrons. The van der Waals surface area contributed by atoms with Crippen molar-refractivity contribution in [1.82, 2.24) is 19.7 Å². The number of carbonyl (C=O) groups excluding carboxylic acids is 2. The molecule has 1 atom stereocenters. The molecule has 1 N–H and O–H groups in total. The summed E-state index contributed by atoms with van der Waals surface area (Å²) < 4.78 is 13.1. The maximum Gasteiger partial charge on any atom is 0.274 e. The zero-order valence-corrected chi connectivity index (χ0v) is 16.4. The second kappa shape index (κ2) is 8.64. The van der Waals surface area contributed by atoms with Gasteiger partial charge in [-0.3, -0.25) is 19.3 Å². The highest BCUT2D eigenvalue weighted by molar-refractivity contribution is 6.02. The molecule has 3 heterocycles. The van der Waals surface area contributed by atoms with E-state index >= 15 is 0 Å². The van der Waals surface area contributed by atoms with Crippen molar-refractivity contribution < 1.29 is 19.1 Å². The molecule has 1 unspecified atom stereocenters. The van der Waals surface area contributed by atoms with E-state index in [0.717, 1.165) is 0 Å². The molecule has 30 heavy (non-hydrogen) atoms. The summed E-state index contributed by atoms with van der Waals surface area (Å²) in [5.41, 5.74) is 0.791. The smallest absolute Gasteiger partial charge is 0.274 e. The lowest BCUT2D eigenvalue weighted by Crippen LogP contribution is -2.42. The number of hydrogen-bond donors (Lipinski definition) is 1. The van der Waals surface area contributed by atoms with Gasteiger partial charge in [-0.1, -0.05) is 18.2 Å². The average Bonchev–Trinajstić information content (AvgIpc) is 3.20. The Morgan fingerprint density at radius 3 is 2.80 bits per heavy atom. The van der Waals surface area contributed by atoms with Crippen molar-refractivity contribution in [3.05, 3.63) is 66.7 Å². The summed E-state index contributed by atoms with van der Waals surface area (Å²) in [7, 11) is 1.71. The van der Waals surface area contributed by atoms with E-state index in [1.54, 1.807) is 42.5 Å². The molecule has 2 amide bonds. The third kappa shape index (κ3) is 4.57. The number of amides is 2. The van der Waals surface area contributed by atoms with Gasteiger partial charge in [0.05, 0.1) is 18.4 Å². The van der Waals surface area contributed by atoms with E-state index in [4.69, 9.17) is 9.47 Å². The van der Waals surface area contributed by atoms with E-state index in [9.17, 15) is 9.59 Å². The van der Waals surface area contributed by atoms with Crippen LogP contribution in [0.5, 0.6) is 11.5 Å². The van der Waals surface area contributed by atoms with Crippen LogP contribution >= 0.6 is 0 Å². The average molecular weight is 407 g/mol. The van der Waals surface area contributed by atoms with Crippen molar-refractivity contribution in [1.29, 1.82) is 0 Å². The van der Waals surface area contributed by atoms with Crippen LogP contribution in [0.15, 0.2) is 61.1 Å². The number of fused-ring (bicyclic) bond motifs is 1. The molecular weight excluding hydrogens is 386 g/mol. The molecule has 0 saturated carbocycles. The van der Waals surface area contributed by atoms with E-state index in [1.165, 1.54) is 10.9 Å². The highest BCUT2D eigenvalue weighted by atomic mass is 16.6.